The molecule has 0 radical (unpaired) electrons. The first-order chi connectivity index (χ1) is 13.6. The SMILES string of the molecule is CC(C)c1noc(CCCC(=O)N2CCn3cccc3C2c2ccccc2)n1. The Hall–Kier alpha value is -2.89. The highest BCUT2D eigenvalue weighted by atomic mass is 16.5. The number of carbonyl (C=O) groups is 1. The van der Waals surface area contributed by atoms with E-state index in [9.17, 15) is 4.79 Å². The van der Waals surface area contributed by atoms with Crippen molar-refractivity contribution in [3.05, 3.63) is 71.6 Å². The summed E-state index contributed by atoms with van der Waals surface area (Å²) in [6.07, 6.45) is 3.90. The van der Waals surface area contributed by atoms with E-state index in [1.165, 1.54) is 5.69 Å². The van der Waals surface area contributed by atoms with Crippen molar-refractivity contribution >= 4 is 5.91 Å². The average Bonchev–Trinajstić information content (AvgIpc) is 3.37. The number of hydrogen-bond acceptors (Lipinski definition) is 4. The fourth-order valence-electron chi connectivity index (χ4n) is 3.78. The van der Waals surface area contributed by atoms with Crippen molar-refractivity contribution in [1.82, 2.24) is 19.6 Å². The van der Waals surface area contributed by atoms with Gasteiger partial charge in [-0.15, -0.1) is 0 Å². The van der Waals surface area contributed by atoms with Crippen molar-refractivity contribution in [1.29, 1.82) is 0 Å². The van der Waals surface area contributed by atoms with Gasteiger partial charge in [-0.05, 0) is 24.1 Å². The molecule has 1 aromatic carbocycles. The van der Waals surface area contributed by atoms with Crippen LogP contribution in [0.2, 0.25) is 0 Å². The highest BCUT2D eigenvalue weighted by Gasteiger charge is 2.31. The molecule has 1 aliphatic rings. The summed E-state index contributed by atoms with van der Waals surface area (Å²) in [6, 6.07) is 14.4. The van der Waals surface area contributed by atoms with Crippen molar-refractivity contribution in [3.63, 3.8) is 0 Å². The Balaban J connectivity index is 1.45. The maximum Gasteiger partial charge on any atom is 0.226 e. The van der Waals surface area contributed by atoms with Gasteiger partial charge in [0.15, 0.2) is 5.82 Å². The number of nitrogens with zero attached hydrogens (tertiary/aromatic N) is 4. The van der Waals surface area contributed by atoms with E-state index in [4.69, 9.17) is 4.52 Å². The lowest BCUT2D eigenvalue weighted by Gasteiger charge is -2.37. The summed E-state index contributed by atoms with van der Waals surface area (Å²) in [5.74, 6) is 1.76. The van der Waals surface area contributed by atoms with Crippen LogP contribution in [0.4, 0.5) is 0 Å². The number of aryl methyl sites for hydroxylation is 1. The van der Waals surface area contributed by atoms with E-state index < -0.39 is 0 Å². The zero-order chi connectivity index (χ0) is 19.5. The van der Waals surface area contributed by atoms with Crippen molar-refractivity contribution in [3.8, 4) is 0 Å². The van der Waals surface area contributed by atoms with Crippen LogP contribution in [-0.2, 0) is 17.8 Å². The van der Waals surface area contributed by atoms with Crippen LogP contribution in [0.15, 0.2) is 53.2 Å². The fraction of sp³-hybridized carbons (Fsp3) is 0.409. The molecule has 4 rings (SSSR count). The quantitative estimate of drug-likeness (QED) is 0.651. The molecule has 28 heavy (non-hydrogen) atoms. The number of rotatable bonds is 6. The third-order valence-corrected chi connectivity index (χ3v) is 5.26. The van der Waals surface area contributed by atoms with E-state index in [0.29, 0.717) is 25.2 Å². The second-order valence-corrected chi connectivity index (χ2v) is 7.58. The van der Waals surface area contributed by atoms with Crippen LogP contribution in [0.5, 0.6) is 0 Å². The Kier molecular flexibility index (Phi) is 5.28. The summed E-state index contributed by atoms with van der Waals surface area (Å²) >= 11 is 0. The Labute approximate surface area is 165 Å². The molecule has 1 amide bonds. The van der Waals surface area contributed by atoms with Gasteiger partial charge in [-0.2, -0.15) is 4.98 Å². The average molecular weight is 378 g/mol. The summed E-state index contributed by atoms with van der Waals surface area (Å²) in [5, 5.41) is 3.99. The predicted octanol–water partition coefficient (Wildman–Crippen LogP) is 3.95. The third kappa shape index (κ3) is 3.72. The molecule has 3 heterocycles. The molecule has 0 bridgehead atoms. The molecule has 0 spiro atoms. The lowest BCUT2D eigenvalue weighted by atomic mass is 9.99. The maximum atomic E-state index is 13.1. The van der Waals surface area contributed by atoms with Crippen LogP contribution in [-0.4, -0.2) is 32.1 Å². The number of carbonyl (C=O) groups excluding carboxylic acids is 1. The van der Waals surface area contributed by atoms with Gasteiger partial charge in [0.25, 0.3) is 0 Å². The zero-order valence-electron chi connectivity index (χ0n) is 16.4. The highest BCUT2D eigenvalue weighted by molar-refractivity contribution is 5.77. The third-order valence-electron chi connectivity index (χ3n) is 5.26. The van der Waals surface area contributed by atoms with Crippen molar-refractivity contribution in [2.24, 2.45) is 0 Å². The zero-order valence-corrected chi connectivity index (χ0v) is 16.4. The molecule has 0 saturated heterocycles. The van der Waals surface area contributed by atoms with Gasteiger partial charge in [-0.3, -0.25) is 4.79 Å². The van der Waals surface area contributed by atoms with Gasteiger partial charge in [-0.25, -0.2) is 0 Å². The Morgan fingerprint density at radius 2 is 2.00 bits per heavy atom. The van der Waals surface area contributed by atoms with Gasteiger partial charge >= 0.3 is 0 Å². The van der Waals surface area contributed by atoms with Gasteiger partial charge in [0, 0.05) is 43.7 Å². The molecule has 6 heteroatoms. The molecule has 0 fully saturated rings. The minimum Gasteiger partial charge on any atom is -0.348 e. The molecule has 2 aromatic heterocycles. The molecule has 1 atom stereocenters. The largest absolute Gasteiger partial charge is 0.348 e. The standard InChI is InChI=1S/C22H26N4O2/c1-16(2)22-23-19(28-24-22)11-6-12-20(27)26-15-14-25-13-7-10-18(25)21(26)17-8-4-3-5-9-17/h3-5,7-10,13,16,21H,6,11-12,14-15H2,1-2H3. The van der Waals surface area contributed by atoms with E-state index in [0.717, 1.165) is 24.5 Å². The molecular weight excluding hydrogens is 352 g/mol. The molecule has 146 valence electrons. The predicted molar refractivity (Wildman–Crippen MR) is 106 cm³/mol. The minimum absolute atomic E-state index is 0.0339. The van der Waals surface area contributed by atoms with E-state index in [1.54, 1.807) is 0 Å². The molecule has 0 N–H and O–H groups in total. The lowest BCUT2D eigenvalue weighted by Crippen LogP contribution is -2.42. The first-order valence-corrected chi connectivity index (χ1v) is 9.95. The van der Waals surface area contributed by atoms with Crippen LogP contribution in [0.1, 0.15) is 61.6 Å². The second kappa shape index (κ2) is 8.00. The van der Waals surface area contributed by atoms with Gasteiger partial charge in [0.2, 0.25) is 11.8 Å². The Morgan fingerprint density at radius 3 is 2.75 bits per heavy atom. The molecule has 6 nitrogen and oxygen atoms in total. The van der Waals surface area contributed by atoms with Gasteiger partial charge in [0.05, 0.1) is 6.04 Å². The molecule has 0 aliphatic carbocycles. The second-order valence-electron chi connectivity index (χ2n) is 7.58. The van der Waals surface area contributed by atoms with Crippen LogP contribution in [0.25, 0.3) is 0 Å². The van der Waals surface area contributed by atoms with Crippen LogP contribution in [0, 0.1) is 0 Å². The first-order valence-electron chi connectivity index (χ1n) is 9.95. The maximum absolute atomic E-state index is 13.1. The van der Waals surface area contributed by atoms with Gasteiger partial charge < -0.3 is 14.0 Å². The van der Waals surface area contributed by atoms with Crippen LogP contribution in [0.3, 0.4) is 0 Å². The van der Waals surface area contributed by atoms with E-state index in [1.807, 2.05) is 36.9 Å². The lowest BCUT2D eigenvalue weighted by molar-refractivity contribution is -0.134. The molecule has 0 saturated carbocycles. The summed E-state index contributed by atoms with van der Waals surface area (Å²) in [7, 11) is 0. The number of aromatic nitrogens is 3. The monoisotopic (exact) mass is 378 g/mol. The summed E-state index contributed by atoms with van der Waals surface area (Å²) < 4.78 is 7.53. The highest BCUT2D eigenvalue weighted by Crippen LogP contribution is 2.32. The smallest absolute Gasteiger partial charge is 0.226 e. The molecule has 1 aliphatic heterocycles. The van der Waals surface area contributed by atoms with E-state index in [2.05, 4.69) is 45.2 Å². The Bertz CT molecular complexity index is 929. The topological polar surface area (TPSA) is 64.2 Å². The first kappa shape index (κ1) is 18.5. The van der Waals surface area contributed by atoms with Crippen LogP contribution < -0.4 is 0 Å². The minimum atomic E-state index is -0.0339. The van der Waals surface area contributed by atoms with Gasteiger partial charge in [0.1, 0.15) is 0 Å². The van der Waals surface area contributed by atoms with E-state index in [-0.39, 0.29) is 17.9 Å². The fourth-order valence-corrected chi connectivity index (χ4v) is 3.78. The number of benzene rings is 1. The molecule has 3 aromatic rings. The van der Waals surface area contributed by atoms with Crippen molar-refractivity contribution in [2.45, 2.75) is 51.6 Å². The number of hydrogen-bond donors (Lipinski definition) is 0. The summed E-state index contributed by atoms with van der Waals surface area (Å²) in [6.45, 7) is 5.62. The number of amides is 1. The normalized spacial score (nSPS) is 16.4. The Morgan fingerprint density at radius 1 is 1.18 bits per heavy atom. The van der Waals surface area contributed by atoms with Crippen LogP contribution >= 0.6 is 0 Å². The summed E-state index contributed by atoms with van der Waals surface area (Å²) in [5.41, 5.74) is 2.32. The number of fused-ring (bicyclic) bond motifs is 1. The van der Waals surface area contributed by atoms with Crippen molar-refractivity contribution in [2.75, 3.05) is 6.54 Å². The van der Waals surface area contributed by atoms with E-state index >= 15 is 0 Å². The molecular formula is C22H26N4O2. The van der Waals surface area contributed by atoms with Crippen molar-refractivity contribution < 1.29 is 9.32 Å². The van der Waals surface area contributed by atoms with Gasteiger partial charge in [-0.1, -0.05) is 49.3 Å². The summed E-state index contributed by atoms with van der Waals surface area (Å²) in [4.78, 5) is 19.5. The molecule has 1 unspecified atom stereocenters.